The Labute approximate surface area is 130 Å². The average molecular weight is 308 g/mol. The van der Waals surface area contributed by atoms with Crippen molar-refractivity contribution < 1.29 is 9.47 Å². The van der Waals surface area contributed by atoms with E-state index in [0.29, 0.717) is 6.54 Å². The highest BCUT2D eigenvalue weighted by Crippen LogP contribution is 2.53. The first-order valence-corrected chi connectivity index (χ1v) is 8.48. The molecule has 0 spiro atoms. The van der Waals surface area contributed by atoms with Crippen molar-refractivity contribution in [3.63, 3.8) is 0 Å². The summed E-state index contributed by atoms with van der Waals surface area (Å²) in [5, 5.41) is 0.779. The van der Waals surface area contributed by atoms with E-state index in [9.17, 15) is 0 Å². The molecule has 0 atom stereocenters. The summed E-state index contributed by atoms with van der Waals surface area (Å²) < 4.78 is 11.9. The van der Waals surface area contributed by atoms with Crippen molar-refractivity contribution in [3.05, 3.63) is 21.7 Å². The Hall–Kier alpha value is -0.930. The first-order valence-electron chi connectivity index (χ1n) is 8.10. The van der Waals surface area contributed by atoms with E-state index < -0.39 is 0 Å². The van der Waals surface area contributed by atoms with Crippen molar-refractivity contribution in [1.29, 1.82) is 0 Å². The molecule has 1 aromatic rings. The van der Waals surface area contributed by atoms with Crippen molar-refractivity contribution in [2.75, 3.05) is 19.8 Å². The van der Waals surface area contributed by atoms with Crippen LogP contribution in [0.3, 0.4) is 0 Å². The maximum absolute atomic E-state index is 6.56. The minimum Gasteiger partial charge on any atom is -0.493 e. The Morgan fingerprint density at radius 1 is 0.952 bits per heavy atom. The SMILES string of the molecule is NCC1(c2c3c(c(Cl)c4c2OCC4)OCC3)CCCCC1. The molecule has 1 fully saturated rings. The Balaban J connectivity index is 1.96. The highest BCUT2D eigenvalue weighted by molar-refractivity contribution is 6.33. The van der Waals surface area contributed by atoms with E-state index in [1.807, 2.05) is 0 Å². The van der Waals surface area contributed by atoms with Gasteiger partial charge in [-0.2, -0.15) is 0 Å². The third-order valence-electron chi connectivity index (χ3n) is 5.47. The van der Waals surface area contributed by atoms with Gasteiger partial charge in [0, 0.05) is 41.5 Å². The first kappa shape index (κ1) is 13.7. The minimum atomic E-state index is 0.0645. The summed E-state index contributed by atoms with van der Waals surface area (Å²) in [5.41, 5.74) is 10.1. The van der Waals surface area contributed by atoms with E-state index >= 15 is 0 Å². The molecule has 4 heteroatoms. The van der Waals surface area contributed by atoms with Gasteiger partial charge in [-0.3, -0.25) is 0 Å². The van der Waals surface area contributed by atoms with Crippen molar-refractivity contribution in [2.24, 2.45) is 5.73 Å². The standard InChI is InChI=1S/C17H22ClNO2/c18-14-12-5-9-20-15(12)13(11-4-8-21-16(11)14)17(10-19)6-2-1-3-7-17/h1-10,19H2. The average Bonchev–Trinajstić information content (AvgIpc) is 3.17. The van der Waals surface area contributed by atoms with Gasteiger partial charge in [0.2, 0.25) is 0 Å². The van der Waals surface area contributed by atoms with Gasteiger partial charge in [0.05, 0.1) is 18.2 Å². The van der Waals surface area contributed by atoms with Crippen LogP contribution in [0, 0.1) is 0 Å². The molecule has 1 aromatic carbocycles. The number of hydrogen-bond acceptors (Lipinski definition) is 3. The second-order valence-corrected chi connectivity index (χ2v) is 6.92. The van der Waals surface area contributed by atoms with Gasteiger partial charge in [0.15, 0.2) is 0 Å². The monoisotopic (exact) mass is 307 g/mol. The molecule has 0 bridgehead atoms. The fraction of sp³-hybridized carbons (Fsp3) is 0.647. The van der Waals surface area contributed by atoms with Gasteiger partial charge in [0.25, 0.3) is 0 Å². The highest BCUT2D eigenvalue weighted by atomic mass is 35.5. The highest BCUT2D eigenvalue weighted by Gasteiger charge is 2.42. The molecule has 0 aromatic heterocycles. The summed E-state index contributed by atoms with van der Waals surface area (Å²) in [7, 11) is 0. The van der Waals surface area contributed by atoms with Gasteiger partial charge in [0.1, 0.15) is 11.5 Å². The molecule has 4 rings (SSSR count). The van der Waals surface area contributed by atoms with Crippen LogP contribution in [0.15, 0.2) is 0 Å². The van der Waals surface area contributed by atoms with Crippen molar-refractivity contribution in [1.82, 2.24) is 0 Å². The van der Waals surface area contributed by atoms with Crippen molar-refractivity contribution in [2.45, 2.75) is 50.4 Å². The van der Waals surface area contributed by atoms with Crippen LogP contribution in [0.5, 0.6) is 11.5 Å². The molecule has 2 N–H and O–H groups in total. The zero-order valence-corrected chi connectivity index (χ0v) is 13.1. The van der Waals surface area contributed by atoms with E-state index in [-0.39, 0.29) is 5.41 Å². The minimum absolute atomic E-state index is 0.0645. The fourth-order valence-electron chi connectivity index (χ4n) is 4.40. The number of nitrogens with two attached hydrogens (primary N) is 1. The summed E-state index contributed by atoms with van der Waals surface area (Å²) in [6.45, 7) is 2.15. The second kappa shape index (κ2) is 5.06. The number of hydrogen-bond donors (Lipinski definition) is 1. The number of rotatable bonds is 2. The molecule has 1 saturated carbocycles. The predicted molar refractivity (Wildman–Crippen MR) is 83.7 cm³/mol. The Morgan fingerprint density at radius 2 is 1.62 bits per heavy atom. The van der Waals surface area contributed by atoms with E-state index in [1.165, 1.54) is 30.4 Å². The summed E-state index contributed by atoms with van der Waals surface area (Å²) in [4.78, 5) is 0. The quantitative estimate of drug-likeness (QED) is 0.911. The molecule has 3 nitrogen and oxygen atoms in total. The normalized spacial score (nSPS) is 22.4. The van der Waals surface area contributed by atoms with Crippen LogP contribution in [0.1, 0.15) is 48.8 Å². The molecule has 0 saturated heterocycles. The van der Waals surface area contributed by atoms with Crippen LogP contribution in [-0.4, -0.2) is 19.8 Å². The molecule has 3 aliphatic rings. The topological polar surface area (TPSA) is 44.5 Å². The lowest BCUT2D eigenvalue weighted by Gasteiger charge is -2.39. The van der Waals surface area contributed by atoms with Crippen molar-refractivity contribution in [3.8, 4) is 11.5 Å². The van der Waals surface area contributed by atoms with Gasteiger partial charge in [-0.15, -0.1) is 0 Å². The fourth-order valence-corrected chi connectivity index (χ4v) is 4.75. The molecular weight excluding hydrogens is 286 g/mol. The Kier molecular flexibility index (Phi) is 3.31. The Morgan fingerprint density at radius 3 is 2.33 bits per heavy atom. The van der Waals surface area contributed by atoms with E-state index in [0.717, 1.165) is 61.0 Å². The molecule has 1 aliphatic carbocycles. The maximum atomic E-state index is 6.56. The summed E-state index contributed by atoms with van der Waals surface area (Å²) in [6.07, 6.45) is 7.97. The summed E-state index contributed by atoms with van der Waals surface area (Å²) in [5.74, 6) is 1.95. The Bertz CT molecular complexity index is 544. The molecular formula is C17H22ClNO2. The van der Waals surface area contributed by atoms with Crippen molar-refractivity contribution >= 4 is 11.6 Å². The lowest BCUT2D eigenvalue weighted by molar-refractivity contribution is 0.281. The zero-order chi connectivity index (χ0) is 14.4. The smallest absolute Gasteiger partial charge is 0.142 e. The lowest BCUT2D eigenvalue weighted by Crippen LogP contribution is -2.38. The molecule has 0 amide bonds. The van der Waals surface area contributed by atoms with Gasteiger partial charge >= 0.3 is 0 Å². The lowest BCUT2D eigenvalue weighted by atomic mass is 9.67. The first-order chi connectivity index (χ1) is 10.3. The van der Waals surface area contributed by atoms with Crippen LogP contribution in [0.25, 0.3) is 0 Å². The molecule has 0 unspecified atom stereocenters. The van der Waals surface area contributed by atoms with Crippen LogP contribution in [0.2, 0.25) is 5.02 Å². The van der Waals surface area contributed by atoms with Gasteiger partial charge in [-0.1, -0.05) is 30.9 Å². The number of benzene rings is 1. The third kappa shape index (κ3) is 1.90. The number of fused-ring (bicyclic) bond motifs is 2. The number of ether oxygens (including phenoxy) is 2. The predicted octanol–water partition coefficient (Wildman–Crippen LogP) is 3.37. The molecule has 0 radical (unpaired) electrons. The van der Waals surface area contributed by atoms with Gasteiger partial charge < -0.3 is 15.2 Å². The molecule has 2 heterocycles. The van der Waals surface area contributed by atoms with E-state index in [1.54, 1.807) is 0 Å². The zero-order valence-electron chi connectivity index (χ0n) is 12.3. The molecule has 114 valence electrons. The van der Waals surface area contributed by atoms with Crippen LogP contribution in [0.4, 0.5) is 0 Å². The maximum Gasteiger partial charge on any atom is 0.142 e. The van der Waals surface area contributed by atoms with Crippen LogP contribution >= 0.6 is 11.6 Å². The number of halogens is 1. The summed E-state index contributed by atoms with van der Waals surface area (Å²) in [6, 6.07) is 0. The molecule has 21 heavy (non-hydrogen) atoms. The molecule has 2 aliphatic heterocycles. The largest absolute Gasteiger partial charge is 0.493 e. The second-order valence-electron chi connectivity index (χ2n) is 6.55. The van der Waals surface area contributed by atoms with Gasteiger partial charge in [-0.25, -0.2) is 0 Å². The third-order valence-corrected chi connectivity index (χ3v) is 5.87. The van der Waals surface area contributed by atoms with Crippen LogP contribution in [-0.2, 0) is 18.3 Å². The summed E-state index contributed by atoms with van der Waals surface area (Å²) >= 11 is 6.56. The van der Waals surface area contributed by atoms with E-state index in [2.05, 4.69) is 0 Å². The van der Waals surface area contributed by atoms with Crippen LogP contribution < -0.4 is 15.2 Å². The van der Waals surface area contributed by atoms with E-state index in [4.69, 9.17) is 26.8 Å². The van der Waals surface area contributed by atoms with Gasteiger partial charge in [-0.05, 0) is 12.8 Å².